The van der Waals surface area contributed by atoms with Gasteiger partial charge < -0.3 is 19.9 Å². The van der Waals surface area contributed by atoms with Crippen molar-refractivity contribution in [3.8, 4) is 17.0 Å². The second-order valence-electron chi connectivity index (χ2n) is 10.2. The molecule has 1 atom stereocenters. The summed E-state index contributed by atoms with van der Waals surface area (Å²) in [5.74, 6) is 2.13. The molecule has 1 fully saturated rings. The van der Waals surface area contributed by atoms with Crippen molar-refractivity contribution in [1.82, 2.24) is 29.6 Å². The third-order valence-corrected chi connectivity index (χ3v) is 7.55. The molecule has 40 heavy (non-hydrogen) atoms. The van der Waals surface area contributed by atoms with Crippen LogP contribution in [0.4, 0.5) is 5.82 Å². The van der Waals surface area contributed by atoms with Gasteiger partial charge in [-0.3, -0.25) is 14.4 Å². The molecule has 0 radical (unpaired) electrons. The topological polar surface area (TPSA) is 115 Å². The molecule has 1 aliphatic carbocycles. The number of aromatic nitrogens is 5. The van der Waals surface area contributed by atoms with E-state index in [0.717, 1.165) is 65.0 Å². The molecule has 0 spiro atoms. The van der Waals surface area contributed by atoms with Crippen LogP contribution in [0.2, 0.25) is 0 Å². The van der Waals surface area contributed by atoms with Crippen LogP contribution in [0, 0.1) is 0 Å². The predicted molar refractivity (Wildman–Crippen MR) is 153 cm³/mol. The van der Waals surface area contributed by atoms with Crippen molar-refractivity contribution in [1.29, 1.82) is 0 Å². The molecule has 2 aliphatic rings. The van der Waals surface area contributed by atoms with Crippen LogP contribution >= 0.6 is 0 Å². The zero-order valence-electron chi connectivity index (χ0n) is 22.9. The first-order valence-corrected chi connectivity index (χ1v) is 13.6. The largest absolute Gasteiger partial charge is 0.497 e. The van der Waals surface area contributed by atoms with Gasteiger partial charge in [0, 0.05) is 49.6 Å². The molecule has 0 saturated heterocycles. The molecule has 1 aliphatic heterocycles. The van der Waals surface area contributed by atoms with Gasteiger partial charge in [0.1, 0.15) is 23.4 Å². The Bertz CT molecular complexity index is 1530. The van der Waals surface area contributed by atoms with Gasteiger partial charge in [-0.25, -0.2) is 4.98 Å². The number of aliphatic hydroxyl groups excluding tert-OH is 1. The van der Waals surface area contributed by atoms with Crippen LogP contribution in [-0.4, -0.2) is 67.0 Å². The van der Waals surface area contributed by atoms with E-state index in [0.29, 0.717) is 12.4 Å². The number of nitrogens with one attached hydrogen (secondary N) is 1. The van der Waals surface area contributed by atoms with Gasteiger partial charge in [0.05, 0.1) is 31.4 Å². The van der Waals surface area contributed by atoms with Gasteiger partial charge in [-0.15, -0.1) is 5.10 Å². The predicted octanol–water partition coefficient (Wildman–Crippen LogP) is 4.09. The smallest absolute Gasteiger partial charge is 0.231 e. The first-order chi connectivity index (χ1) is 19.5. The van der Waals surface area contributed by atoms with Gasteiger partial charge in [0.15, 0.2) is 6.23 Å². The average molecular weight is 543 g/mol. The van der Waals surface area contributed by atoms with Crippen LogP contribution < -0.4 is 10.1 Å². The second-order valence-corrected chi connectivity index (χ2v) is 10.2. The van der Waals surface area contributed by atoms with E-state index in [1.54, 1.807) is 29.0 Å². The minimum absolute atomic E-state index is 0.0480. The van der Waals surface area contributed by atoms with E-state index in [9.17, 15) is 5.11 Å². The number of ether oxygens (including phenoxy) is 2. The number of anilines is 1. The van der Waals surface area contributed by atoms with Crippen molar-refractivity contribution in [3.05, 3.63) is 66.6 Å². The third kappa shape index (κ3) is 5.24. The molecule has 4 heterocycles. The molecule has 1 unspecified atom stereocenters. The molecule has 11 heteroatoms. The monoisotopic (exact) mass is 542 g/mol. The van der Waals surface area contributed by atoms with Crippen molar-refractivity contribution in [2.45, 2.75) is 50.6 Å². The maximum atomic E-state index is 10.5. The fourth-order valence-corrected chi connectivity index (χ4v) is 5.38. The Balaban J connectivity index is 1.14. The third-order valence-electron chi connectivity index (χ3n) is 7.55. The minimum Gasteiger partial charge on any atom is -0.497 e. The lowest BCUT2D eigenvalue weighted by atomic mass is 9.93. The number of hydrazone groups is 1. The first-order valence-electron chi connectivity index (χ1n) is 13.6. The molecule has 4 aromatic rings. The highest BCUT2D eigenvalue weighted by Crippen LogP contribution is 2.36. The summed E-state index contributed by atoms with van der Waals surface area (Å²) < 4.78 is 15.5. The van der Waals surface area contributed by atoms with E-state index in [4.69, 9.17) is 14.6 Å². The molecule has 0 amide bonds. The maximum Gasteiger partial charge on any atom is 0.231 e. The first kappa shape index (κ1) is 25.9. The number of methoxy groups -OCH3 is 1. The van der Waals surface area contributed by atoms with Gasteiger partial charge in [0.25, 0.3) is 0 Å². The lowest BCUT2D eigenvalue weighted by Gasteiger charge is -2.31. The fourth-order valence-electron chi connectivity index (χ4n) is 5.38. The van der Waals surface area contributed by atoms with E-state index < -0.39 is 6.23 Å². The van der Waals surface area contributed by atoms with Crippen molar-refractivity contribution in [2.24, 2.45) is 12.1 Å². The van der Waals surface area contributed by atoms with Crippen LogP contribution in [0.15, 0.2) is 66.2 Å². The normalized spacial score (nSPS) is 20.9. The highest BCUT2D eigenvalue weighted by atomic mass is 16.5. The number of hydrogen-bond donors (Lipinski definition) is 2. The van der Waals surface area contributed by atoms with Crippen LogP contribution in [0.3, 0.4) is 0 Å². The summed E-state index contributed by atoms with van der Waals surface area (Å²) in [5.41, 5.74) is 3.96. The van der Waals surface area contributed by atoms with Crippen LogP contribution in [0.5, 0.6) is 5.75 Å². The van der Waals surface area contributed by atoms with Gasteiger partial charge >= 0.3 is 0 Å². The lowest BCUT2D eigenvalue weighted by molar-refractivity contribution is 0.0280. The summed E-state index contributed by atoms with van der Waals surface area (Å²) in [6.45, 7) is 0.463. The minimum atomic E-state index is -0.802. The number of benzene rings is 1. The van der Waals surface area contributed by atoms with Gasteiger partial charge in [-0.2, -0.15) is 10.2 Å². The molecule has 11 nitrogen and oxygen atoms in total. The van der Waals surface area contributed by atoms with Crippen LogP contribution in [-0.2, 0) is 18.3 Å². The highest BCUT2D eigenvalue weighted by Gasteiger charge is 2.28. The summed E-state index contributed by atoms with van der Waals surface area (Å²) in [6, 6.07) is 10.1. The molecule has 0 bridgehead atoms. The lowest BCUT2D eigenvalue weighted by Crippen LogP contribution is -2.34. The van der Waals surface area contributed by atoms with E-state index in [2.05, 4.69) is 31.2 Å². The van der Waals surface area contributed by atoms with Gasteiger partial charge in [-0.05, 0) is 49.5 Å². The Hall–Kier alpha value is -4.38. The molecule has 1 aromatic carbocycles. The van der Waals surface area contributed by atoms with Crippen molar-refractivity contribution in [2.75, 3.05) is 19.5 Å². The summed E-state index contributed by atoms with van der Waals surface area (Å²) in [5, 5.41) is 30.2. The van der Waals surface area contributed by atoms with Crippen LogP contribution in [0.1, 0.15) is 37.3 Å². The summed E-state index contributed by atoms with van der Waals surface area (Å²) in [4.78, 5) is 4.54. The molecular weight excluding hydrogens is 508 g/mol. The van der Waals surface area contributed by atoms with E-state index in [1.165, 1.54) is 0 Å². The number of hydrogen-bond acceptors (Lipinski definition) is 9. The average Bonchev–Trinajstić information content (AvgIpc) is 3.58. The molecule has 3 aromatic heterocycles. The molecule has 1 saturated carbocycles. The molecule has 2 N–H and O–H groups in total. The number of nitrogens with zero attached hydrogens (tertiary/aromatic N) is 7. The molecule has 6 rings (SSSR count). The SMILES string of the molecule is CNc1cc2c(cn1)c(-c1cnn(C)c1)nn2C1CCC(OC2=NN(Cc3ccc(OC)cc3)C(O)C=C2)CC1. The zero-order chi connectivity index (χ0) is 27.6. The summed E-state index contributed by atoms with van der Waals surface area (Å²) in [7, 11) is 5.43. The Labute approximate surface area is 232 Å². The Morgan fingerprint density at radius 3 is 2.60 bits per heavy atom. The number of aliphatic hydroxyl groups is 1. The van der Waals surface area contributed by atoms with Crippen molar-refractivity contribution in [3.63, 3.8) is 0 Å². The number of fused-ring (bicyclic) bond motifs is 1. The standard InChI is InChI=1S/C29H34N8O3/c1-30-26-14-25-24(16-31-26)29(20-15-32-35(2)18-20)34-37(25)21-6-10-23(11-7-21)40-27-12-13-28(38)36(33-27)17-19-4-8-22(39-3)9-5-19/h4-5,8-9,12-16,18,21,23,28,38H,6-7,10-11,17H2,1-3H3,(H,30,31). The number of rotatable bonds is 7. The number of pyridine rings is 1. The van der Waals surface area contributed by atoms with Crippen molar-refractivity contribution >= 4 is 22.6 Å². The summed E-state index contributed by atoms with van der Waals surface area (Å²) >= 11 is 0. The molecule has 208 valence electrons. The van der Waals surface area contributed by atoms with Gasteiger partial charge in [-0.1, -0.05) is 12.1 Å². The quantitative estimate of drug-likeness (QED) is 0.359. The zero-order valence-corrected chi connectivity index (χ0v) is 22.9. The van der Waals surface area contributed by atoms with Crippen molar-refractivity contribution < 1.29 is 14.6 Å². The summed E-state index contributed by atoms with van der Waals surface area (Å²) in [6.07, 6.45) is 12.1. The van der Waals surface area contributed by atoms with E-state index in [1.807, 2.05) is 57.0 Å². The second kappa shape index (κ2) is 11.0. The van der Waals surface area contributed by atoms with Gasteiger partial charge in [0.2, 0.25) is 5.90 Å². The maximum absolute atomic E-state index is 10.5. The Morgan fingerprint density at radius 2 is 1.90 bits per heavy atom. The molecular formula is C29H34N8O3. The fraction of sp³-hybridized carbons (Fsp3) is 0.379. The Morgan fingerprint density at radius 1 is 1.10 bits per heavy atom. The van der Waals surface area contributed by atoms with E-state index >= 15 is 0 Å². The van der Waals surface area contributed by atoms with Crippen LogP contribution in [0.25, 0.3) is 22.2 Å². The number of aryl methyl sites for hydroxylation is 1. The van der Waals surface area contributed by atoms with E-state index in [-0.39, 0.29) is 12.1 Å². The Kier molecular flexibility index (Phi) is 7.12. The highest BCUT2D eigenvalue weighted by molar-refractivity contribution is 5.93.